The second-order valence-corrected chi connectivity index (χ2v) is 7.18. The lowest BCUT2D eigenvalue weighted by atomic mass is 10.3. The van der Waals surface area contributed by atoms with Gasteiger partial charge in [0.25, 0.3) is 0 Å². The highest BCUT2D eigenvalue weighted by atomic mass is 32.2. The maximum atomic E-state index is 4.62. The molecule has 2 heterocycles. The zero-order valence-electron chi connectivity index (χ0n) is 13.9. The summed E-state index contributed by atoms with van der Waals surface area (Å²) in [5, 5.41) is 4.20. The zero-order chi connectivity index (χ0) is 16.1. The Labute approximate surface area is 142 Å². The third-order valence-electron chi connectivity index (χ3n) is 4.19. The Bertz CT molecular complexity index is 633. The van der Waals surface area contributed by atoms with E-state index in [1.165, 1.54) is 12.2 Å². The number of rotatable bonds is 4. The summed E-state index contributed by atoms with van der Waals surface area (Å²) in [5.74, 6) is 3.22. The average molecular weight is 331 g/mol. The van der Waals surface area contributed by atoms with Crippen molar-refractivity contribution in [1.29, 1.82) is 0 Å². The van der Waals surface area contributed by atoms with Gasteiger partial charge >= 0.3 is 0 Å². The van der Waals surface area contributed by atoms with Gasteiger partial charge in [0.2, 0.25) is 0 Å². The molecule has 1 aromatic carbocycles. The van der Waals surface area contributed by atoms with E-state index in [2.05, 4.69) is 49.9 Å². The predicted octanol–water partition coefficient (Wildman–Crippen LogP) is 2.51. The molecular formula is C17H25N5S. The lowest BCUT2D eigenvalue weighted by Crippen LogP contribution is -2.48. The second kappa shape index (κ2) is 7.73. The standard InChI is InChI=1S/C17H25N5S/c1-3-13-12-22(10-11-23-13)17(18-2)19-9-8-16-20-14-6-4-5-7-15(14)21-16/h4-7,13H,3,8-12H2,1-2H3,(H,18,19)(H,20,21). The van der Waals surface area contributed by atoms with E-state index in [4.69, 9.17) is 0 Å². The molecule has 3 rings (SSSR count). The zero-order valence-corrected chi connectivity index (χ0v) is 14.7. The summed E-state index contributed by atoms with van der Waals surface area (Å²) in [6.07, 6.45) is 2.09. The van der Waals surface area contributed by atoms with Crippen LogP contribution in [0.3, 0.4) is 0 Å². The predicted molar refractivity (Wildman–Crippen MR) is 99.3 cm³/mol. The van der Waals surface area contributed by atoms with Gasteiger partial charge in [-0.2, -0.15) is 11.8 Å². The van der Waals surface area contributed by atoms with Crippen molar-refractivity contribution in [2.24, 2.45) is 4.99 Å². The fraction of sp³-hybridized carbons (Fsp3) is 0.529. The highest BCUT2D eigenvalue weighted by Crippen LogP contribution is 2.21. The minimum absolute atomic E-state index is 0.720. The van der Waals surface area contributed by atoms with Crippen LogP contribution >= 0.6 is 11.8 Å². The summed E-state index contributed by atoms with van der Waals surface area (Å²) in [6, 6.07) is 8.15. The first-order valence-corrected chi connectivity index (χ1v) is 9.36. The van der Waals surface area contributed by atoms with E-state index in [1.807, 2.05) is 25.2 Å². The molecular weight excluding hydrogens is 306 g/mol. The van der Waals surface area contributed by atoms with Crippen LogP contribution in [-0.2, 0) is 6.42 Å². The van der Waals surface area contributed by atoms with E-state index in [1.54, 1.807) is 0 Å². The van der Waals surface area contributed by atoms with Crippen LogP contribution in [0, 0.1) is 0 Å². The molecule has 0 spiro atoms. The van der Waals surface area contributed by atoms with E-state index < -0.39 is 0 Å². The Morgan fingerprint density at radius 3 is 3.13 bits per heavy atom. The molecule has 0 radical (unpaired) electrons. The van der Waals surface area contributed by atoms with Gasteiger partial charge in [-0.15, -0.1) is 0 Å². The van der Waals surface area contributed by atoms with Crippen LogP contribution in [0.2, 0.25) is 0 Å². The fourth-order valence-electron chi connectivity index (χ4n) is 2.91. The van der Waals surface area contributed by atoms with Gasteiger partial charge in [0.15, 0.2) is 5.96 Å². The van der Waals surface area contributed by atoms with Crippen LogP contribution in [0.5, 0.6) is 0 Å². The van der Waals surface area contributed by atoms with Gasteiger partial charge in [0, 0.05) is 44.1 Å². The molecule has 2 N–H and O–H groups in total. The summed E-state index contributed by atoms with van der Waals surface area (Å²) >= 11 is 2.08. The van der Waals surface area contributed by atoms with Gasteiger partial charge in [-0.1, -0.05) is 19.1 Å². The summed E-state index contributed by atoms with van der Waals surface area (Å²) in [7, 11) is 1.87. The lowest BCUT2D eigenvalue weighted by Gasteiger charge is -2.34. The molecule has 1 aromatic heterocycles. The number of hydrogen-bond acceptors (Lipinski definition) is 3. The maximum absolute atomic E-state index is 4.62. The van der Waals surface area contributed by atoms with Gasteiger partial charge in [0.05, 0.1) is 11.0 Å². The number of para-hydroxylation sites is 2. The Kier molecular flexibility index (Phi) is 5.43. The van der Waals surface area contributed by atoms with Crippen molar-refractivity contribution in [1.82, 2.24) is 20.2 Å². The van der Waals surface area contributed by atoms with Crippen LogP contribution in [-0.4, -0.2) is 58.5 Å². The van der Waals surface area contributed by atoms with E-state index in [9.17, 15) is 0 Å². The average Bonchev–Trinajstić information content (AvgIpc) is 3.01. The Balaban J connectivity index is 1.54. The molecule has 0 aliphatic carbocycles. The Morgan fingerprint density at radius 1 is 1.48 bits per heavy atom. The van der Waals surface area contributed by atoms with Gasteiger partial charge < -0.3 is 15.2 Å². The summed E-state index contributed by atoms with van der Waals surface area (Å²) in [4.78, 5) is 14.8. The topological polar surface area (TPSA) is 56.3 Å². The Hall–Kier alpha value is -1.69. The molecule has 124 valence electrons. The molecule has 1 fully saturated rings. The number of aromatic amines is 1. The number of fused-ring (bicyclic) bond motifs is 1. The number of aliphatic imine (C=N–C) groups is 1. The van der Waals surface area contributed by atoms with Gasteiger partial charge in [-0.3, -0.25) is 4.99 Å². The number of imidazole rings is 1. The summed E-state index contributed by atoms with van der Waals surface area (Å²) in [5.41, 5.74) is 2.14. The second-order valence-electron chi connectivity index (χ2n) is 5.77. The van der Waals surface area contributed by atoms with E-state index in [0.29, 0.717) is 0 Å². The third-order valence-corrected chi connectivity index (χ3v) is 5.56. The quantitative estimate of drug-likeness (QED) is 0.668. The highest BCUT2D eigenvalue weighted by molar-refractivity contribution is 8.00. The molecule has 1 saturated heterocycles. The van der Waals surface area contributed by atoms with E-state index in [0.717, 1.165) is 54.1 Å². The number of thioether (sulfide) groups is 1. The molecule has 6 heteroatoms. The summed E-state index contributed by atoms with van der Waals surface area (Å²) in [6.45, 7) is 5.27. The van der Waals surface area contributed by atoms with Crippen molar-refractivity contribution >= 4 is 28.8 Å². The van der Waals surface area contributed by atoms with Crippen molar-refractivity contribution in [3.63, 3.8) is 0 Å². The van der Waals surface area contributed by atoms with E-state index >= 15 is 0 Å². The van der Waals surface area contributed by atoms with Gasteiger partial charge in [-0.25, -0.2) is 4.98 Å². The fourth-order valence-corrected chi connectivity index (χ4v) is 4.09. The van der Waals surface area contributed by atoms with Crippen molar-refractivity contribution in [3.05, 3.63) is 30.1 Å². The molecule has 1 aliphatic heterocycles. The first-order valence-electron chi connectivity index (χ1n) is 8.31. The normalized spacial score (nSPS) is 19.3. The number of H-pyrrole nitrogens is 1. The minimum atomic E-state index is 0.720. The van der Waals surface area contributed by atoms with Crippen LogP contribution in [0.15, 0.2) is 29.3 Å². The number of benzene rings is 1. The molecule has 2 aromatic rings. The van der Waals surface area contributed by atoms with Crippen molar-refractivity contribution in [3.8, 4) is 0 Å². The van der Waals surface area contributed by atoms with Crippen molar-refractivity contribution < 1.29 is 0 Å². The van der Waals surface area contributed by atoms with Crippen LogP contribution in [0.1, 0.15) is 19.2 Å². The van der Waals surface area contributed by atoms with Crippen LogP contribution in [0.25, 0.3) is 11.0 Å². The lowest BCUT2D eigenvalue weighted by molar-refractivity contribution is 0.408. The van der Waals surface area contributed by atoms with Crippen LogP contribution in [0.4, 0.5) is 0 Å². The number of guanidine groups is 1. The van der Waals surface area contributed by atoms with Crippen LogP contribution < -0.4 is 5.32 Å². The Morgan fingerprint density at radius 2 is 2.35 bits per heavy atom. The van der Waals surface area contributed by atoms with Crippen molar-refractivity contribution in [2.45, 2.75) is 25.0 Å². The number of aromatic nitrogens is 2. The number of nitrogens with zero attached hydrogens (tertiary/aromatic N) is 3. The summed E-state index contributed by atoms with van der Waals surface area (Å²) < 4.78 is 0. The molecule has 1 unspecified atom stereocenters. The molecule has 23 heavy (non-hydrogen) atoms. The molecule has 0 amide bonds. The minimum Gasteiger partial charge on any atom is -0.356 e. The molecule has 1 atom stereocenters. The van der Waals surface area contributed by atoms with E-state index in [-0.39, 0.29) is 0 Å². The first kappa shape index (κ1) is 16.2. The molecule has 5 nitrogen and oxygen atoms in total. The maximum Gasteiger partial charge on any atom is 0.193 e. The van der Waals surface area contributed by atoms with Gasteiger partial charge in [0.1, 0.15) is 5.82 Å². The highest BCUT2D eigenvalue weighted by Gasteiger charge is 2.21. The largest absolute Gasteiger partial charge is 0.356 e. The monoisotopic (exact) mass is 331 g/mol. The molecule has 0 saturated carbocycles. The first-order chi connectivity index (χ1) is 11.3. The molecule has 0 bridgehead atoms. The third kappa shape index (κ3) is 3.99. The molecule has 1 aliphatic rings. The smallest absolute Gasteiger partial charge is 0.193 e. The van der Waals surface area contributed by atoms with Gasteiger partial charge in [-0.05, 0) is 18.6 Å². The number of hydrogen-bond donors (Lipinski definition) is 2. The SMILES string of the molecule is CCC1CN(C(=NC)NCCc2nc3ccccc3[nH]2)CCS1. The van der Waals surface area contributed by atoms with Crippen molar-refractivity contribution in [2.75, 3.05) is 32.4 Å². The number of nitrogens with one attached hydrogen (secondary N) is 2.